The van der Waals surface area contributed by atoms with Crippen molar-refractivity contribution < 1.29 is 9.18 Å². The highest BCUT2D eigenvalue weighted by Crippen LogP contribution is 2.08. The van der Waals surface area contributed by atoms with Crippen molar-refractivity contribution in [3.8, 4) is 0 Å². The monoisotopic (exact) mass is 238 g/mol. The van der Waals surface area contributed by atoms with Gasteiger partial charge in [0.1, 0.15) is 5.82 Å². The van der Waals surface area contributed by atoms with E-state index in [1.165, 1.54) is 6.07 Å². The van der Waals surface area contributed by atoms with E-state index < -0.39 is 0 Å². The number of hydrogen-bond donors (Lipinski definition) is 2. The highest BCUT2D eigenvalue weighted by molar-refractivity contribution is 5.78. The lowest BCUT2D eigenvalue weighted by Gasteiger charge is -2.09. The minimum absolute atomic E-state index is 0.0485. The summed E-state index contributed by atoms with van der Waals surface area (Å²) >= 11 is 0. The minimum Gasteiger partial charge on any atom is -0.353 e. The molecule has 1 aromatic carbocycles. The van der Waals surface area contributed by atoms with Crippen molar-refractivity contribution in [2.75, 3.05) is 6.54 Å². The van der Waals surface area contributed by atoms with Gasteiger partial charge < -0.3 is 10.6 Å². The topological polar surface area (TPSA) is 41.1 Å². The molecule has 0 heterocycles. The molecule has 0 atom stereocenters. The molecule has 0 bridgehead atoms. The first-order chi connectivity index (χ1) is 7.99. The maximum Gasteiger partial charge on any atom is 0.234 e. The number of nitrogens with one attached hydrogen (secondary N) is 2. The van der Waals surface area contributed by atoms with Crippen molar-refractivity contribution in [2.24, 2.45) is 0 Å². The van der Waals surface area contributed by atoms with Gasteiger partial charge in [-0.05, 0) is 38.0 Å². The molecule has 0 aliphatic heterocycles. The number of halogens is 1. The predicted octanol–water partition coefficient (Wildman–Crippen LogP) is 1.75. The van der Waals surface area contributed by atoms with Gasteiger partial charge >= 0.3 is 0 Å². The van der Waals surface area contributed by atoms with Gasteiger partial charge in [-0.15, -0.1) is 0 Å². The Morgan fingerprint density at radius 2 is 2.12 bits per heavy atom. The molecular formula is C13H19FN2O. The second-order valence-corrected chi connectivity index (χ2v) is 4.41. The van der Waals surface area contributed by atoms with E-state index in [2.05, 4.69) is 10.6 Å². The number of carbonyl (C=O) groups excluding carboxylic acids is 1. The van der Waals surface area contributed by atoms with Gasteiger partial charge in [0.25, 0.3) is 0 Å². The van der Waals surface area contributed by atoms with Crippen molar-refractivity contribution in [1.82, 2.24) is 10.6 Å². The van der Waals surface area contributed by atoms with Gasteiger partial charge in [-0.25, -0.2) is 4.39 Å². The third kappa shape index (κ3) is 4.95. The molecule has 2 N–H and O–H groups in total. The van der Waals surface area contributed by atoms with E-state index in [1.807, 2.05) is 19.9 Å². The Morgan fingerprint density at radius 1 is 1.41 bits per heavy atom. The van der Waals surface area contributed by atoms with Crippen molar-refractivity contribution in [2.45, 2.75) is 33.4 Å². The Morgan fingerprint density at radius 3 is 2.71 bits per heavy atom. The molecule has 94 valence electrons. The molecule has 0 radical (unpaired) electrons. The first kappa shape index (κ1) is 13.6. The van der Waals surface area contributed by atoms with Crippen LogP contribution in [0.1, 0.15) is 25.0 Å². The van der Waals surface area contributed by atoms with Crippen LogP contribution in [-0.2, 0) is 11.3 Å². The number of carbonyl (C=O) groups is 1. The van der Waals surface area contributed by atoms with Gasteiger partial charge in [0.15, 0.2) is 0 Å². The average Bonchev–Trinajstić information content (AvgIpc) is 2.22. The second kappa shape index (κ2) is 6.35. The summed E-state index contributed by atoms with van der Waals surface area (Å²) < 4.78 is 13.2. The molecule has 0 spiro atoms. The maximum absolute atomic E-state index is 13.2. The van der Waals surface area contributed by atoms with Gasteiger partial charge in [0.05, 0.1) is 6.54 Å². The molecule has 0 saturated heterocycles. The minimum atomic E-state index is -0.212. The van der Waals surface area contributed by atoms with Crippen LogP contribution >= 0.6 is 0 Å². The Kier molecular flexibility index (Phi) is 5.10. The first-order valence-electron chi connectivity index (χ1n) is 5.74. The van der Waals surface area contributed by atoms with Gasteiger partial charge in [-0.1, -0.05) is 12.1 Å². The third-order valence-electron chi connectivity index (χ3n) is 2.30. The summed E-state index contributed by atoms with van der Waals surface area (Å²) in [5.74, 6) is -0.261. The van der Waals surface area contributed by atoms with Crippen molar-refractivity contribution in [3.63, 3.8) is 0 Å². The number of benzene rings is 1. The summed E-state index contributed by atoms with van der Waals surface area (Å²) in [7, 11) is 0. The molecule has 0 unspecified atom stereocenters. The van der Waals surface area contributed by atoms with Crippen molar-refractivity contribution in [1.29, 1.82) is 0 Å². The fourth-order valence-corrected chi connectivity index (χ4v) is 1.44. The SMILES string of the molecule is Cc1ccc(CNCC(=O)NC(C)C)cc1F. The molecule has 1 aromatic rings. The number of aryl methyl sites for hydroxylation is 1. The van der Waals surface area contributed by atoms with Crippen LogP contribution in [0.2, 0.25) is 0 Å². The third-order valence-corrected chi connectivity index (χ3v) is 2.30. The van der Waals surface area contributed by atoms with E-state index in [9.17, 15) is 9.18 Å². The molecule has 0 aliphatic rings. The maximum atomic E-state index is 13.2. The average molecular weight is 238 g/mol. The van der Waals surface area contributed by atoms with Gasteiger partial charge in [-0.2, -0.15) is 0 Å². The molecule has 0 fully saturated rings. The van der Waals surface area contributed by atoms with E-state index in [1.54, 1.807) is 13.0 Å². The van der Waals surface area contributed by atoms with Gasteiger partial charge in [-0.3, -0.25) is 4.79 Å². The lowest BCUT2D eigenvalue weighted by Crippen LogP contribution is -2.37. The highest BCUT2D eigenvalue weighted by Gasteiger charge is 2.03. The van der Waals surface area contributed by atoms with E-state index in [0.717, 1.165) is 5.56 Å². The first-order valence-corrected chi connectivity index (χ1v) is 5.74. The Labute approximate surface area is 101 Å². The van der Waals surface area contributed by atoms with Crippen LogP contribution in [0.3, 0.4) is 0 Å². The molecule has 0 aliphatic carbocycles. The fourth-order valence-electron chi connectivity index (χ4n) is 1.44. The predicted molar refractivity (Wildman–Crippen MR) is 66.1 cm³/mol. The Bertz CT molecular complexity index is 391. The van der Waals surface area contributed by atoms with Gasteiger partial charge in [0, 0.05) is 12.6 Å². The van der Waals surface area contributed by atoms with E-state index in [0.29, 0.717) is 12.1 Å². The number of hydrogen-bond acceptors (Lipinski definition) is 2. The molecular weight excluding hydrogens is 219 g/mol. The second-order valence-electron chi connectivity index (χ2n) is 4.41. The zero-order valence-electron chi connectivity index (χ0n) is 10.5. The lowest BCUT2D eigenvalue weighted by molar-refractivity contribution is -0.120. The molecule has 1 rings (SSSR count). The number of rotatable bonds is 5. The van der Waals surface area contributed by atoms with Crippen LogP contribution in [0.25, 0.3) is 0 Å². The molecule has 1 amide bonds. The summed E-state index contributed by atoms with van der Waals surface area (Å²) in [6, 6.07) is 5.22. The van der Waals surface area contributed by atoms with E-state index in [4.69, 9.17) is 0 Å². The lowest BCUT2D eigenvalue weighted by atomic mass is 10.1. The van der Waals surface area contributed by atoms with Crippen LogP contribution in [0.4, 0.5) is 4.39 Å². The zero-order chi connectivity index (χ0) is 12.8. The normalized spacial score (nSPS) is 10.6. The highest BCUT2D eigenvalue weighted by atomic mass is 19.1. The molecule has 3 nitrogen and oxygen atoms in total. The van der Waals surface area contributed by atoms with Crippen LogP contribution in [0.15, 0.2) is 18.2 Å². The number of amides is 1. The van der Waals surface area contributed by atoms with Crippen LogP contribution in [0.5, 0.6) is 0 Å². The van der Waals surface area contributed by atoms with Crippen LogP contribution in [-0.4, -0.2) is 18.5 Å². The van der Waals surface area contributed by atoms with Crippen molar-refractivity contribution >= 4 is 5.91 Å². The molecule has 0 saturated carbocycles. The zero-order valence-corrected chi connectivity index (χ0v) is 10.5. The van der Waals surface area contributed by atoms with Crippen LogP contribution in [0, 0.1) is 12.7 Å². The van der Waals surface area contributed by atoms with Gasteiger partial charge in [0.2, 0.25) is 5.91 Å². The molecule has 17 heavy (non-hydrogen) atoms. The largest absolute Gasteiger partial charge is 0.353 e. The standard InChI is InChI=1S/C13H19FN2O/c1-9(2)16-13(17)8-15-7-11-5-4-10(3)12(14)6-11/h4-6,9,15H,7-8H2,1-3H3,(H,16,17). The smallest absolute Gasteiger partial charge is 0.234 e. The summed E-state index contributed by atoms with van der Waals surface area (Å²) in [6.45, 7) is 6.28. The van der Waals surface area contributed by atoms with Crippen molar-refractivity contribution in [3.05, 3.63) is 35.1 Å². The molecule has 0 aromatic heterocycles. The van der Waals surface area contributed by atoms with E-state index >= 15 is 0 Å². The quantitative estimate of drug-likeness (QED) is 0.820. The summed E-state index contributed by atoms with van der Waals surface area (Å²) in [6.07, 6.45) is 0. The summed E-state index contributed by atoms with van der Waals surface area (Å²) in [5, 5.41) is 5.75. The fraction of sp³-hybridized carbons (Fsp3) is 0.462. The summed E-state index contributed by atoms with van der Waals surface area (Å²) in [4.78, 5) is 11.3. The molecule has 4 heteroatoms. The summed E-state index contributed by atoms with van der Waals surface area (Å²) in [5.41, 5.74) is 1.47. The Hall–Kier alpha value is -1.42. The van der Waals surface area contributed by atoms with E-state index in [-0.39, 0.29) is 24.3 Å². The Balaban J connectivity index is 2.36. The van der Waals surface area contributed by atoms with Crippen LogP contribution < -0.4 is 10.6 Å².